The number of fused-ring (bicyclic) bond motifs is 1. The van der Waals surface area contributed by atoms with Crippen molar-refractivity contribution in [1.29, 1.82) is 0 Å². The third-order valence-corrected chi connectivity index (χ3v) is 5.11. The molecule has 4 rings (SSSR count). The largest absolute Gasteiger partial charge is 0.497 e. The number of methoxy groups -OCH3 is 1. The summed E-state index contributed by atoms with van der Waals surface area (Å²) in [5, 5.41) is 7.73. The Kier molecular flexibility index (Phi) is 5.21. The Bertz CT molecular complexity index is 986. The molecule has 1 fully saturated rings. The van der Waals surface area contributed by atoms with Gasteiger partial charge < -0.3 is 15.0 Å². The zero-order valence-corrected chi connectivity index (χ0v) is 16.1. The van der Waals surface area contributed by atoms with Crippen LogP contribution in [0, 0.1) is 0 Å². The molecular weight excluding hydrogens is 356 g/mol. The van der Waals surface area contributed by atoms with E-state index in [0.717, 1.165) is 36.4 Å². The summed E-state index contributed by atoms with van der Waals surface area (Å²) < 4.78 is 7.02. The van der Waals surface area contributed by atoms with Crippen LogP contribution in [0.4, 0.5) is 0 Å². The highest BCUT2D eigenvalue weighted by atomic mass is 16.5. The Morgan fingerprint density at radius 3 is 2.96 bits per heavy atom. The number of carbonyl (C=O) groups is 1. The number of likely N-dealkylation sites (N-methyl/N-ethyl adjacent to an activating group) is 1. The first-order valence-corrected chi connectivity index (χ1v) is 9.44. The van der Waals surface area contributed by atoms with Gasteiger partial charge in [0.1, 0.15) is 11.3 Å². The van der Waals surface area contributed by atoms with Crippen molar-refractivity contribution in [2.24, 2.45) is 0 Å². The number of benzene rings is 1. The lowest BCUT2D eigenvalue weighted by Gasteiger charge is -2.08. The molecule has 8 heteroatoms. The number of rotatable bonds is 6. The van der Waals surface area contributed by atoms with Crippen LogP contribution in [-0.4, -0.2) is 64.3 Å². The molecule has 3 aromatic rings. The zero-order chi connectivity index (χ0) is 19.5. The highest BCUT2D eigenvalue weighted by Gasteiger charge is 2.27. The first-order chi connectivity index (χ1) is 13.7. The maximum atomic E-state index is 12.4. The fraction of sp³-hybridized carbons (Fsp3) is 0.400. The van der Waals surface area contributed by atoms with E-state index in [1.807, 2.05) is 10.7 Å². The van der Waals surface area contributed by atoms with Crippen LogP contribution in [0.25, 0.3) is 11.2 Å². The molecule has 0 aliphatic carbocycles. The lowest BCUT2D eigenvalue weighted by molar-refractivity contribution is 0.0951. The smallest absolute Gasteiger partial charge is 0.251 e. The van der Waals surface area contributed by atoms with E-state index in [0.29, 0.717) is 30.3 Å². The van der Waals surface area contributed by atoms with Crippen LogP contribution in [0.1, 0.15) is 28.4 Å². The van der Waals surface area contributed by atoms with Crippen molar-refractivity contribution in [2.45, 2.75) is 18.9 Å². The first kappa shape index (κ1) is 18.4. The molecule has 146 valence electrons. The molecule has 3 heterocycles. The van der Waals surface area contributed by atoms with Gasteiger partial charge in [0, 0.05) is 37.0 Å². The van der Waals surface area contributed by atoms with E-state index in [1.54, 1.807) is 37.7 Å². The van der Waals surface area contributed by atoms with Gasteiger partial charge in [-0.15, -0.1) is 0 Å². The molecule has 0 unspecified atom stereocenters. The van der Waals surface area contributed by atoms with E-state index in [-0.39, 0.29) is 5.91 Å². The van der Waals surface area contributed by atoms with Gasteiger partial charge >= 0.3 is 0 Å². The topological polar surface area (TPSA) is 85.2 Å². The molecule has 0 radical (unpaired) electrons. The van der Waals surface area contributed by atoms with Crippen molar-refractivity contribution in [1.82, 2.24) is 30.0 Å². The zero-order valence-electron chi connectivity index (χ0n) is 16.1. The van der Waals surface area contributed by atoms with Crippen molar-refractivity contribution in [3.05, 3.63) is 47.9 Å². The number of hydrogen-bond donors (Lipinski definition) is 1. The van der Waals surface area contributed by atoms with Gasteiger partial charge in [-0.3, -0.25) is 4.79 Å². The summed E-state index contributed by atoms with van der Waals surface area (Å²) in [4.78, 5) is 23.7. The van der Waals surface area contributed by atoms with Crippen molar-refractivity contribution >= 4 is 17.1 Å². The van der Waals surface area contributed by atoms with E-state index >= 15 is 0 Å². The molecule has 1 saturated heterocycles. The molecular formula is C20H24N6O2. The number of ether oxygens (including phenoxy) is 1. The Balaban J connectivity index is 1.47. The summed E-state index contributed by atoms with van der Waals surface area (Å²) in [6.07, 6.45) is 4.47. The molecule has 8 nitrogen and oxygen atoms in total. The molecule has 1 N–H and O–H groups in total. The fourth-order valence-corrected chi connectivity index (χ4v) is 3.66. The van der Waals surface area contributed by atoms with Gasteiger partial charge in [-0.1, -0.05) is 6.07 Å². The maximum absolute atomic E-state index is 12.4. The SMILES string of the molecule is COc1cccc(C(=O)NCCn2nc([C@H]3CCN(C)C3)c3nccnc32)c1. The molecule has 0 bridgehead atoms. The summed E-state index contributed by atoms with van der Waals surface area (Å²) >= 11 is 0. The van der Waals surface area contributed by atoms with Crippen LogP contribution in [0.5, 0.6) is 5.75 Å². The van der Waals surface area contributed by atoms with Gasteiger partial charge in [0.2, 0.25) is 0 Å². The van der Waals surface area contributed by atoms with Gasteiger partial charge in [0.15, 0.2) is 5.65 Å². The molecule has 1 amide bonds. The lowest BCUT2D eigenvalue weighted by Crippen LogP contribution is -2.27. The minimum absolute atomic E-state index is 0.140. The average Bonchev–Trinajstić information content (AvgIpc) is 3.32. The minimum atomic E-state index is -0.140. The molecule has 1 aliphatic heterocycles. The quantitative estimate of drug-likeness (QED) is 0.700. The summed E-state index contributed by atoms with van der Waals surface area (Å²) in [5.74, 6) is 0.892. The van der Waals surface area contributed by atoms with E-state index in [2.05, 4.69) is 27.2 Å². The Morgan fingerprint density at radius 2 is 2.18 bits per heavy atom. The Hall–Kier alpha value is -3.00. The molecule has 2 aromatic heterocycles. The third-order valence-electron chi connectivity index (χ3n) is 5.11. The van der Waals surface area contributed by atoms with E-state index in [9.17, 15) is 4.79 Å². The normalized spacial score (nSPS) is 17.1. The highest BCUT2D eigenvalue weighted by molar-refractivity contribution is 5.94. The van der Waals surface area contributed by atoms with E-state index < -0.39 is 0 Å². The highest BCUT2D eigenvalue weighted by Crippen LogP contribution is 2.29. The van der Waals surface area contributed by atoms with Crippen molar-refractivity contribution in [3.8, 4) is 5.75 Å². The van der Waals surface area contributed by atoms with E-state index in [4.69, 9.17) is 9.84 Å². The van der Waals surface area contributed by atoms with E-state index in [1.165, 1.54) is 0 Å². The molecule has 1 atom stereocenters. The number of carbonyl (C=O) groups excluding carboxylic acids is 1. The van der Waals surface area contributed by atoms with Crippen LogP contribution in [-0.2, 0) is 6.54 Å². The summed E-state index contributed by atoms with van der Waals surface area (Å²) in [6.45, 7) is 3.03. The number of likely N-dealkylation sites (tertiary alicyclic amines) is 1. The second-order valence-electron chi connectivity index (χ2n) is 7.07. The number of aromatic nitrogens is 4. The lowest BCUT2D eigenvalue weighted by atomic mass is 10.0. The second kappa shape index (κ2) is 7.93. The van der Waals surface area contributed by atoms with Crippen LogP contribution in [0.2, 0.25) is 0 Å². The number of hydrogen-bond acceptors (Lipinski definition) is 6. The molecule has 1 aromatic carbocycles. The predicted octanol–water partition coefficient (Wildman–Crippen LogP) is 1.68. The Morgan fingerprint density at radius 1 is 1.32 bits per heavy atom. The van der Waals surface area contributed by atoms with Crippen molar-refractivity contribution in [2.75, 3.05) is 33.8 Å². The molecule has 0 spiro atoms. The second-order valence-corrected chi connectivity index (χ2v) is 7.07. The minimum Gasteiger partial charge on any atom is -0.497 e. The monoisotopic (exact) mass is 380 g/mol. The van der Waals surface area contributed by atoms with Crippen LogP contribution in [0.15, 0.2) is 36.7 Å². The predicted molar refractivity (Wildman–Crippen MR) is 106 cm³/mol. The van der Waals surface area contributed by atoms with Gasteiger partial charge in [-0.05, 0) is 38.2 Å². The van der Waals surface area contributed by atoms with Crippen LogP contribution in [0.3, 0.4) is 0 Å². The van der Waals surface area contributed by atoms with Gasteiger partial charge in [0.25, 0.3) is 5.91 Å². The molecule has 28 heavy (non-hydrogen) atoms. The maximum Gasteiger partial charge on any atom is 0.251 e. The third kappa shape index (κ3) is 3.68. The summed E-state index contributed by atoms with van der Waals surface area (Å²) in [7, 11) is 3.71. The molecule has 0 saturated carbocycles. The average molecular weight is 380 g/mol. The van der Waals surface area contributed by atoms with Crippen molar-refractivity contribution < 1.29 is 9.53 Å². The van der Waals surface area contributed by atoms with Gasteiger partial charge in [0.05, 0.1) is 19.3 Å². The van der Waals surface area contributed by atoms with Crippen LogP contribution < -0.4 is 10.1 Å². The number of nitrogens with one attached hydrogen (secondary N) is 1. The fourth-order valence-electron chi connectivity index (χ4n) is 3.66. The van der Waals surface area contributed by atoms with Crippen LogP contribution >= 0.6 is 0 Å². The first-order valence-electron chi connectivity index (χ1n) is 9.44. The number of amides is 1. The molecule has 1 aliphatic rings. The summed E-state index contributed by atoms with van der Waals surface area (Å²) in [6, 6.07) is 7.10. The van der Waals surface area contributed by atoms with Crippen molar-refractivity contribution in [3.63, 3.8) is 0 Å². The number of nitrogens with zero attached hydrogens (tertiary/aromatic N) is 5. The summed E-state index contributed by atoms with van der Waals surface area (Å²) in [5.41, 5.74) is 3.20. The Labute approximate surface area is 163 Å². The van der Waals surface area contributed by atoms with Gasteiger partial charge in [-0.25, -0.2) is 14.6 Å². The van der Waals surface area contributed by atoms with Gasteiger partial charge in [-0.2, -0.15) is 5.10 Å². The standard InChI is InChI=1S/C20H24N6O2/c1-25-10-6-15(13-25)17-18-19(22-8-7-21-18)26(24-17)11-9-23-20(27)14-4-3-5-16(12-14)28-2/h3-5,7-8,12,15H,6,9-11,13H2,1-2H3,(H,23,27)/t15-/m0/s1.